The Labute approximate surface area is 71.4 Å². The highest BCUT2D eigenvalue weighted by Crippen LogP contribution is 2.23. The standard InChI is InChI=1S/C9H12N2O/c1-2-11-9(6-12)7-4-3-5-8(7)10-11/h6H,2-5H2,1H3. The SMILES string of the molecule is CCn1nc2c(c1C=O)CCC2. The first kappa shape index (κ1) is 7.53. The third-order valence-corrected chi connectivity index (χ3v) is 2.43. The second kappa shape index (κ2) is 2.73. The van der Waals surface area contributed by atoms with Crippen LogP contribution in [0.5, 0.6) is 0 Å². The maximum atomic E-state index is 10.7. The molecule has 12 heavy (non-hydrogen) atoms. The summed E-state index contributed by atoms with van der Waals surface area (Å²) < 4.78 is 1.80. The minimum Gasteiger partial charge on any atom is -0.296 e. The van der Waals surface area contributed by atoms with Crippen LogP contribution >= 0.6 is 0 Å². The Morgan fingerprint density at radius 3 is 3.08 bits per heavy atom. The minimum absolute atomic E-state index is 0.793. The molecular formula is C9H12N2O. The van der Waals surface area contributed by atoms with Gasteiger partial charge in [-0.25, -0.2) is 0 Å². The Balaban J connectivity index is 2.53. The monoisotopic (exact) mass is 164 g/mol. The molecule has 0 atom stereocenters. The van der Waals surface area contributed by atoms with Crippen molar-refractivity contribution >= 4 is 6.29 Å². The summed E-state index contributed by atoms with van der Waals surface area (Å²) in [7, 11) is 0. The van der Waals surface area contributed by atoms with Gasteiger partial charge in [0.25, 0.3) is 0 Å². The van der Waals surface area contributed by atoms with Crippen LogP contribution in [0.4, 0.5) is 0 Å². The Morgan fingerprint density at radius 1 is 1.58 bits per heavy atom. The van der Waals surface area contributed by atoms with Crippen LogP contribution in [0, 0.1) is 0 Å². The van der Waals surface area contributed by atoms with Crippen LogP contribution in [-0.4, -0.2) is 16.1 Å². The molecule has 0 aromatic carbocycles. The van der Waals surface area contributed by atoms with Crippen molar-refractivity contribution in [3.8, 4) is 0 Å². The molecule has 3 nitrogen and oxygen atoms in total. The summed E-state index contributed by atoms with van der Waals surface area (Å²) in [6.45, 7) is 2.80. The molecule has 3 heteroatoms. The average Bonchev–Trinajstić information content (AvgIpc) is 2.61. The Hall–Kier alpha value is -1.12. The number of hydrogen-bond donors (Lipinski definition) is 0. The van der Waals surface area contributed by atoms with Gasteiger partial charge in [-0.05, 0) is 26.2 Å². The van der Waals surface area contributed by atoms with E-state index in [4.69, 9.17) is 0 Å². The van der Waals surface area contributed by atoms with Crippen LogP contribution < -0.4 is 0 Å². The van der Waals surface area contributed by atoms with E-state index in [1.807, 2.05) is 6.92 Å². The van der Waals surface area contributed by atoms with E-state index in [1.165, 1.54) is 5.56 Å². The minimum atomic E-state index is 0.793. The number of fused-ring (bicyclic) bond motifs is 1. The van der Waals surface area contributed by atoms with Gasteiger partial charge in [-0.2, -0.15) is 5.10 Å². The fraction of sp³-hybridized carbons (Fsp3) is 0.556. The highest BCUT2D eigenvalue weighted by Gasteiger charge is 2.20. The highest BCUT2D eigenvalue weighted by molar-refractivity contribution is 5.75. The largest absolute Gasteiger partial charge is 0.296 e. The third-order valence-electron chi connectivity index (χ3n) is 2.43. The molecule has 1 aliphatic rings. The topological polar surface area (TPSA) is 34.9 Å². The molecule has 1 heterocycles. The smallest absolute Gasteiger partial charge is 0.168 e. The summed E-state index contributed by atoms with van der Waals surface area (Å²) in [5.41, 5.74) is 3.12. The quantitative estimate of drug-likeness (QED) is 0.616. The fourth-order valence-electron chi connectivity index (χ4n) is 1.84. The van der Waals surface area contributed by atoms with Gasteiger partial charge in [-0.3, -0.25) is 9.48 Å². The molecule has 64 valence electrons. The summed E-state index contributed by atoms with van der Waals surface area (Å²) in [4.78, 5) is 10.7. The molecular weight excluding hydrogens is 152 g/mol. The van der Waals surface area contributed by atoms with Crippen molar-refractivity contribution in [1.29, 1.82) is 0 Å². The lowest BCUT2D eigenvalue weighted by molar-refractivity contribution is 0.111. The van der Waals surface area contributed by atoms with E-state index in [-0.39, 0.29) is 0 Å². The molecule has 0 unspecified atom stereocenters. The predicted molar refractivity (Wildman–Crippen MR) is 45.3 cm³/mol. The number of aldehydes is 1. The van der Waals surface area contributed by atoms with Crippen LogP contribution in [0.2, 0.25) is 0 Å². The number of aryl methyl sites for hydroxylation is 2. The Kier molecular flexibility index (Phi) is 1.71. The van der Waals surface area contributed by atoms with Gasteiger partial charge >= 0.3 is 0 Å². The van der Waals surface area contributed by atoms with Crippen molar-refractivity contribution in [2.24, 2.45) is 0 Å². The van der Waals surface area contributed by atoms with Gasteiger partial charge in [0.1, 0.15) is 5.69 Å². The van der Waals surface area contributed by atoms with Gasteiger partial charge in [0.05, 0.1) is 5.69 Å². The lowest BCUT2D eigenvalue weighted by Gasteiger charge is -1.98. The first-order valence-electron chi connectivity index (χ1n) is 4.40. The number of hydrogen-bond acceptors (Lipinski definition) is 2. The van der Waals surface area contributed by atoms with Gasteiger partial charge in [0.15, 0.2) is 6.29 Å². The maximum absolute atomic E-state index is 10.7. The summed E-state index contributed by atoms with van der Waals surface area (Å²) in [5.74, 6) is 0. The van der Waals surface area contributed by atoms with E-state index < -0.39 is 0 Å². The lowest BCUT2D eigenvalue weighted by atomic mass is 10.2. The summed E-state index contributed by atoms with van der Waals surface area (Å²) in [6, 6.07) is 0. The summed E-state index contributed by atoms with van der Waals surface area (Å²) >= 11 is 0. The zero-order valence-corrected chi connectivity index (χ0v) is 7.21. The predicted octanol–water partition coefficient (Wildman–Crippen LogP) is 1.20. The molecule has 0 aliphatic heterocycles. The molecule has 0 saturated carbocycles. The molecule has 0 saturated heterocycles. The van der Waals surface area contributed by atoms with Crippen LogP contribution in [-0.2, 0) is 19.4 Å². The van der Waals surface area contributed by atoms with Gasteiger partial charge in [-0.15, -0.1) is 0 Å². The second-order valence-electron chi connectivity index (χ2n) is 3.10. The third kappa shape index (κ3) is 0.891. The molecule has 0 fully saturated rings. The van der Waals surface area contributed by atoms with Gasteiger partial charge < -0.3 is 0 Å². The zero-order valence-electron chi connectivity index (χ0n) is 7.21. The van der Waals surface area contributed by atoms with Crippen molar-refractivity contribution in [3.63, 3.8) is 0 Å². The van der Waals surface area contributed by atoms with Gasteiger partial charge in [-0.1, -0.05) is 0 Å². The summed E-state index contributed by atoms with van der Waals surface area (Å²) in [5, 5.41) is 4.37. The zero-order chi connectivity index (χ0) is 8.55. The van der Waals surface area contributed by atoms with Crippen LogP contribution in [0.3, 0.4) is 0 Å². The fourth-order valence-corrected chi connectivity index (χ4v) is 1.84. The molecule has 0 radical (unpaired) electrons. The molecule has 0 bridgehead atoms. The normalized spacial score (nSPS) is 14.8. The number of nitrogens with zero attached hydrogens (tertiary/aromatic N) is 2. The van der Waals surface area contributed by atoms with Crippen molar-refractivity contribution in [3.05, 3.63) is 17.0 Å². The van der Waals surface area contributed by atoms with Crippen LogP contribution in [0.15, 0.2) is 0 Å². The van der Waals surface area contributed by atoms with E-state index >= 15 is 0 Å². The number of carbonyl (C=O) groups is 1. The average molecular weight is 164 g/mol. The number of aromatic nitrogens is 2. The lowest BCUT2D eigenvalue weighted by Crippen LogP contribution is -2.03. The summed E-state index contributed by atoms with van der Waals surface area (Å²) in [6.07, 6.45) is 4.16. The Bertz CT molecular complexity index is 315. The van der Waals surface area contributed by atoms with Gasteiger partial charge in [0, 0.05) is 12.1 Å². The van der Waals surface area contributed by atoms with Gasteiger partial charge in [0.2, 0.25) is 0 Å². The van der Waals surface area contributed by atoms with E-state index in [1.54, 1.807) is 4.68 Å². The number of rotatable bonds is 2. The van der Waals surface area contributed by atoms with Crippen molar-refractivity contribution in [1.82, 2.24) is 9.78 Å². The first-order chi connectivity index (χ1) is 5.86. The molecule has 2 rings (SSSR count). The molecule has 1 aliphatic carbocycles. The van der Waals surface area contributed by atoms with E-state index in [0.29, 0.717) is 0 Å². The first-order valence-corrected chi connectivity index (χ1v) is 4.40. The Morgan fingerprint density at radius 2 is 2.42 bits per heavy atom. The molecule has 0 spiro atoms. The maximum Gasteiger partial charge on any atom is 0.168 e. The molecule has 0 N–H and O–H groups in total. The van der Waals surface area contributed by atoms with E-state index in [9.17, 15) is 4.79 Å². The molecule has 0 amide bonds. The van der Waals surface area contributed by atoms with Crippen LogP contribution in [0.1, 0.15) is 35.1 Å². The molecule has 1 aromatic rings. The van der Waals surface area contributed by atoms with Crippen molar-refractivity contribution < 1.29 is 4.79 Å². The van der Waals surface area contributed by atoms with E-state index in [0.717, 1.165) is 43.5 Å². The van der Waals surface area contributed by atoms with Crippen molar-refractivity contribution in [2.45, 2.75) is 32.7 Å². The van der Waals surface area contributed by atoms with Crippen LogP contribution in [0.25, 0.3) is 0 Å². The van der Waals surface area contributed by atoms with Crippen molar-refractivity contribution in [2.75, 3.05) is 0 Å². The highest BCUT2D eigenvalue weighted by atomic mass is 16.1. The second-order valence-corrected chi connectivity index (χ2v) is 3.10. The molecule has 1 aromatic heterocycles. The van der Waals surface area contributed by atoms with E-state index in [2.05, 4.69) is 5.10 Å². The number of carbonyl (C=O) groups excluding carboxylic acids is 1.